The number of hydrogen-bond acceptors (Lipinski definition) is 2. The quantitative estimate of drug-likeness (QED) is 0.623. The monoisotopic (exact) mass is 326 g/mol. The van der Waals surface area contributed by atoms with E-state index in [0.29, 0.717) is 28.7 Å². The minimum absolute atomic E-state index is 0.0745. The van der Waals surface area contributed by atoms with Gasteiger partial charge in [-0.3, -0.25) is 9.59 Å². The number of benzene rings is 1. The maximum atomic E-state index is 11.6. The summed E-state index contributed by atoms with van der Waals surface area (Å²) in [5, 5.41) is 6.32. The summed E-state index contributed by atoms with van der Waals surface area (Å²) in [4.78, 5) is 23.0. The Morgan fingerprint density at radius 1 is 1.19 bits per heavy atom. The molecule has 1 aliphatic carbocycles. The average molecular weight is 327 g/mol. The van der Waals surface area contributed by atoms with Gasteiger partial charge in [-0.1, -0.05) is 35.3 Å². The molecule has 6 heteroatoms. The first-order valence-electron chi connectivity index (χ1n) is 6.75. The highest BCUT2D eigenvalue weighted by Gasteiger charge is 2.28. The number of carbonyl (C=O) groups is 2. The smallest absolute Gasteiger partial charge is 0.244 e. The Labute approximate surface area is 133 Å². The van der Waals surface area contributed by atoms with Crippen LogP contribution in [0.2, 0.25) is 10.0 Å². The molecule has 0 bridgehead atoms. The van der Waals surface area contributed by atoms with E-state index < -0.39 is 0 Å². The van der Waals surface area contributed by atoms with Crippen molar-refractivity contribution in [1.29, 1.82) is 0 Å². The molecule has 112 valence electrons. The van der Waals surface area contributed by atoms with Crippen molar-refractivity contribution >= 4 is 41.1 Å². The molecule has 1 aromatic carbocycles. The molecule has 2 amide bonds. The van der Waals surface area contributed by atoms with Gasteiger partial charge in [0.2, 0.25) is 11.8 Å². The van der Waals surface area contributed by atoms with Crippen LogP contribution >= 0.6 is 23.2 Å². The van der Waals surface area contributed by atoms with Crippen molar-refractivity contribution in [3.05, 3.63) is 39.9 Å². The summed E-state index contributed by atoms with van der Waals surface area (Å²) in [7, 11) is 0. The molecule has 2 rings (SSSR count). The third kappa shape index (κ3) is 5.06. The summed E-state index contributed by atoms with van der Waals surface area (Å²) < 4.78 is 0. The Balaban J connectivity index is 1.72. The molecule has 0 heterocycles. The van der Waals surface area contributed by atoms with Crippen LogP contribution in [0.5, 0.6) is 0 Å². The van der Waals surface area contributed by atoms with E-state index in [-0.39, 0.29) is 17.7 Å². The van der Waals surface area contributed by atoms with Gasteiger partial charge in [-0.05, 0) is 30.5 Å². The Hall–Kier alpha value is -1.52. The molecule has 4 nitrogen and oxygen atoms in total. The number of rotatable bonds is 6. The molecule has 1 aromatic rings. The minimum atomic E-state index is -0.244. The predicted molar refractivity (Wildman–Crippen MR) is 84.2 cm³/mol. The first-order valence-corrected chi connectivity index (χ1v) is 7.51. The summed E-state index contributed by atoms with van der Waals surface area (Å²) in [5.41, 5.74) is 0.682. The lowest BCUT2D eigenvalue weighted by Gasteiger charge is -2.04. The number of nitrogens with one attached hydrogen (secondary N) is 2. The normalized spacial score (nSPS) is 14.2. The number of hydrogen-bond donors (Lipinski definition) is 2. The standard InChI is InChI=1S/C15H16Cl2N2O2/c16-12-3-1-2-10(14(12)17)6-7-13(20)18-8-9-19-15(21)11-4-5-11/h1-3,6-7,11H,4-5,8-9H2,(H,18,20)(H,19,21). The maximum Gasteiger partial charge on any atom is 0.244 e. The first kappa shape index (κ1) is 15.9. The fraction of sp³-hybridized carbons (Fsp3) is 0.333. The second kappa shape index (κ2) is 7.48. The fourth-order valence-electron chi connectivity index (χ4n) is 1.73. The molecule has 0 spiro atoms. The van der Waals surface area contributed by atoms with Crippen molar-refractivity contribution in [2.24, 2.45) is 5.92 Å². The zero-order chi connectivity index (χ0) is 15.2. The van der Waals surface area contributed by atoms with Crippen molar-refractivity contribution in [3.8, 4) is 0 Å². The highest BCUT2D eigenvalue weighted by molar-refractivity contribution is 6.42. The van der Waals surface area contributed by atoms with Crippen LogP contribution in [-0.4, -0.2) is 24.9 Å². The van der Waals surface area contributed by atoms with E-state index in [9.17, 15) is 9.59 Å². The molecule has 21 heavy (non-hydrogen) atoms. The Bertz CT molecular complexity index is 569. The van der Waals surface area contributed by atoms with Crippen LogP contribution in [0.25, 0.3) is 6.08 Å². The van der Waals surface area contributed by atoms with Gasteiger partial charge in [0.15, 0.2) is 0 Å². The Morgan fingerprint density at radius 3 is 2.62 bits per heavy atom. The van der Waals surface area contributed by atoms with Gasteiger partial charge < -0.3 is 10.6 Å². The van der Waals surface area contributed by atoms with Gasteiger partial charge in [0, 0.05) is 25.1 Å². The van der Waals surface area contributed by atoms with Gasteiger partial charge in [-0.15, -0.1) is 0 Å². The molecule has 1 aliphatic rings. The topological polar surface area (TPSA) is 58.2 Å². The molecule has 0 unspecified atom stereocenters. The van der Waals surface area contributed by atoms with Crippen LogP contribution in [-0.2, 0) is 9.59 Å². The fourth-order valence-corrected chi connectivity index (χ4v) is 2.11. The van der Waals surface area contributed by atoms with E-state index in [4.69, 9.17) is 23.2 Å². The second-order valence-electron chi connectivity index (χ2n) is 4.83. The van der Waals surface area contributed by atoms with Gasteiger partial charge in [0.25, 0.3) is 0 Å². The largest absolute Gasteiger partial charge is 0.354 e. The van der Waals surface area contributed by atoms with Crippen molar-refractivity contribution in [1.82, 2.24) is 10.6 Å². The first-order chi connectivity index (χ1) is 10.1. The molecule has 1 saturated carbocycles. The lowest BCUT2D eigenvalue weighted by atomic mass is 10.2. The summed E-state index contributed by atoms with van der Waals surface area (Å²) in [5.74, 6) is 0.0165. The van der Waals surface area contributed by atoms with Gasteiger partial charge in [0.05, 0.1) is 10.0 Å². The van der Waals surface area contributed by atoms with E-state index in [2.05, 4.69) is 10.6 Å². The number of halogens is 2. The third-order valence-electron chi connectivity index (χ3n) is 3.07. The van der Waals surface area contributed by atoms with Gasteiger partial charge in [0.1, 0.15) is 0 Å². The average Bonchev–Trinajstić information content (AvgIpc) is 3.29. The summed E-state index contributed by atoms with van der Waals surface area (Å²) in [6.07, 6.45) is 4.94. The van der Waals surface area contributed by atoms with E-state index in [1.54, 1.807) is 24.3 Å². The Morgan fingerprint density at radius 2 is 1.90 bits per heavy atom. The van der Waals surface area contributed by atoms with Crippen LogP contribution in [0, 0.1) is 5.92 Å². The van der Waals surface area contributed by atoms with Crippen LogP contribution in [0.3, 0.4) is 0 Å². The highest BCUT2D eigenvalue weighted by atomic mass is 35.5. The molecule has 0 radical (unpaired) electrons. The maximum absolute atomic E-state index is 11.6. The number of carbonyl (C=O) groups excluding carboxylic acids is 2. The SMILES string of the molecule is O=C(C=Cc1cccc(Cl)c1Cl)NCCNC(=O)C1CC1. The molecule has 0 aliphatic heterocycles. The molecule has 0 aromatic heterocycles. The summed E-state index contributed by atoms with van der Waals surface area (Å²) in [6, 6.07) is 5.22. The van der Waals surface area contributed by atoms with Crippen molar-refractivity contribution in [3.63, 3.8) is 0 Å². The Kier molecular flexibility index (Phi) is 5.65. The molecular formula is C15H16Cl2N2O2. The van der Waals surface area contributed by atoms with E-state index in [1.807, 2.05) is 0 Å². The predicted octanol–water partition coefficient (Wildman–Crippen LogP) is 2.65. The third-order valence-corrected chi connectivity index (χ3v) is 3.90. The van der Waals surface area contributed by atoms with Crippen LogP contribution in [0.1, 0.15) is 18.4 Å². The van der Waals surface area contributed by atoms with Gasteiger partial charge in [-0.25, -0.2) is 0 Å². The summed E-state index contributed by atoms with van der Waals surface area (Å²) >= 11 is 11.9. The molecule has 2 N–H and O–H groups in total. The lowest BCUT2D eigenvalue weighted by molar-refractivity contribution is -0.122. The van der Waals surface area contributed by atoms with E-state index in [0.717, 1.165) is 12.8 Å². The van der Waals surface area contributed by atoms with E-state index >= 15 is 0 Å². The van der Waals surface area contributed by atoms with E-state index in [1.165, 1.54) is 6.08 Å². The highest BCUT2D eigenvalue weighted by Crippen LogP contribution is 2.28. The molecular weight excluding hydrogens is 311 g/mol. The molecule has 0 saturated heterocycles. The second-order valence-corrected chi connectivity index (χ2v) is 5.62. The molecule has 0 atom stereocenters. The van der Waals surface area contributed by atoms with Crippen molar-refractivity contribution in [2.75, 3.05) is 13.1 Å². The van der Waals surface area contributed by atoms with Crippen LogP contribution in [0.4, 0.5) is 0 Å². The summed E-state index contributed by atoms with van der Waals surface area (Å²) in [6.45, 7) is 0.831. The van der Waals surface area contributed by atoms with Gasteiger partial charge >= 0.3 is 0 Å². The van der Waals surface area contributed by atoms with Crippen molar-refractivity contribution < 1.29 is 9.59 Å². The van der Waals surface area contributed by atoms with Crippen LogP contribution in [0.15, 0.2) is 24.3 Å². The minimum Gasteiger partial charge on any atom is -0.354 e. The zero-order valence-corrected chi connectivity index (χ0v) is 12.9. The zero-order valence-electron chi connectivity index (χ0n) is 11.4. The van der Waals surface area contributed by atoms with Crippen molar-refractivity contribution in [2.45, 2.75) is 12.8 Å². The molecule has 1 fully saturated rings. The number of amides is 2. The van der Waals surface area contributed by atoms with Crippen LogP contribution < -0.4 is 10.6 Å². The van der Waals surface area contributed by atoms with Gasteiger partial charge in [-0.2, -0.15) is 0 Å². The lowest BCUT2D eigenvalue weighted by Crippen LogP contribution is -2.34.